The SMILES string of the molecule is Cc1ccc(S(=O)(=O)N2CCN(C(=O)/C=C/c3cnn(C)c3)CC2)cc1. The first-order chi connectivity index (χ1) is 12.4. The van der Waals surface area contributed by atoms with Gasteiger partial charge in [-0.05, 0) is 25.1 Å². The molecular formula is C18H22N4O3S. The van der Waals surface area contributed by atoms with Crippen molar-refractivity contribution in [2.24, 2.45) is 7.05 Å². The quantitative estimate of drug-likeness (QED) is 0.756. The third kappa shape index (κ3) is 4.03. The van der Waals surface area contributed by atoms with Crippen LogP contribution in [0.5, 0.6) is 0 Å². The molecule has 26 heavy (non-hydrogen) atoms. The van der Waals surface area contributed by atoms with Gasteiger partial charge in [-0.2, -0.15) is 9.40 Å². The number of piperazine rings is 1. The average molecular weight is 374 g/mol. The van der Waals surface area contributed by atoms with Gasteiger partial charge in [0.2, 0.25) is 15.9 Å². The molecule has 1 aliphatic rings. The van der Waals surface area contributed by atoms with Gasteiger partial charge in [0, 0.05) is 51.1 Å². The van der Waals surface area contributed by atoms with Gasteiger partial charge < -0.3 is 4.90 Å². The van der Waals surface area contributed by atoms with Crippen LogP contribution in [0.25, 0.3) is 6.08 Å². The van der Waals surface area contributed by atoms with Gasteiger partial charge in [0.1, 0.15) is 0 Å². The van der Waals surface area contributed by atoms with E-state index in [1.165, 1.54) is 10.4 Å². The number of hydrogen-bond donors (Lipinski definition) is 0. The second-order valence-electron chi connectivity index (χ2n) is 6.32. The highest BCUT2D eigenvalue weighted by Crippen LogP contribution is 2.18. The molecule has 0 atom stereocenters. The summed E-state index contributed by atoms with van der Waals surface area (Å²) in [5.74, 6) is -0.124. The summed E-state index contributed by atoms with van der Waals surface area (Å²) in [7, 11) is -1.70. The molecule has 0 unspecified atom stereocenters. The third-order valence-corrected chi connectivity index (χ3v) is 6.27. The molecule has 8 heteroatoms. The Morgan fingerprint density at radius 1 is 1.12 bits per heavy atom. The number of amides is 1. The van der Waals surface area contributed by atoms with E-state index in [-0.39, 0.29) is 5.91 Å². The monoisotopic (exact) mass is 374 g/mol. The second kappa shape index (κ2) is 7.43. The molecule has 1 fully saturated rings. The number of rotatable bonds is 4. The second-order valence-corrected chi connectivity index (χ2v) is 8.26. The van der Waals surface area contributed by atoms with Gasteiger partial charge in [0.05, 0.1) is 11.1 Å². The van der Waals surface area contributed by atoms with E-state index in [4.69, 9.17) is 0 Å². The van der Waals surface area contributed by atoms with Crippen LogP contribution in [0.1, 0.15) is 11.1 Å². The number of aromatic nitrogens is 2. The van der Waals surface area contributed by atoms with Crippen molar-refractivity contribution in [1.29, 1.82) is 0 Å². The zero-order chi connectivity index (χ0) is 18.7. The molecule has 1 amide bonds. The van der Waals surface area contributed by atoms with E-state index in [1.54, 1.807) is 46.1 Å². The fraction of sp³-hybridized carbons (Fsp3) is 0.333. The molecule has 1 aromatic heterocycles. The van der Waals surface area contributed by atoms with Gasteiger partial charge in [0.15, 0.2) is 0 Å². The number of aryl methyl sites for hydroxylation is 2. The van der Waals surface area contributed by atoms with E-state index in [0.717, 1.165) is 11.1 Å². The van der Waals surface area contributed by atoms with Gasteiger partial charge in [-0.1, -0.05) is 17.7 Å². The molecule has 2 heterocycles. The number of carbonyl (C=O) groups excluding carboxylic acids is 1. The van der Waals surface area contributed by atoms with Crippen LogP contribution in [0, 0.1) is 6.92 Å². The summed E-state index contributed by atoms with van der Waals surface area (Å²) >= 11 is 0. The first-order valence-electron chi connectivity index (χ1n) is 8.39. The van der Waals surface area contributed by atoms with Crippen molar-refractivity contribution in [3.05, 3.63) is 53.9 Å². The van der Waals surface area contributed by atoms with Crippen LogP contribution in [-0.2, 0) is 21.9 Å². The maximum atomic E-state index is 12.7. The van der Waals surface area contributed by atoms with Crippen molar-refractivity contribution in [1.82, 2.24) is 19.0 Å². The zero-order valence-electron chi connectivity index (χ0n) is 14.9. The van der Waals surface area contributed by atoms with E-state index in [2.05, 4.69) is 5.10 Å². The molecule has 0 spiro atoms. The minimum Gasteiger partial charge on any atom is -0.337 e. The zero-order valence-corrected chi connectivity index (χ0v) is 15.7. The lowest BCUT2D eigenvalue weighted by molar-refractivity contribution is -0.127. The molecule has 7 nitrogen and oxygen atoms in total. The molecule has 2 aromatic rings. The first-order valence-corrected chi connectivity index (χ1v) is 9.83. The maximum absolute atomic E-state index is 12.7. The van der Waals surface area contributed by atoms with Crippen LogP contribution in [-0.4, -0.2) is 59.5 Å². The number of nitrogens with zero attached hydrogens (tertiary/aromatic N) is 4. The Balaban J connectivity index is 1.60. The normalized spacial score (nSPS) is 16.3. The van der Waals surface area contributed by atoms with Gasteiger partial charge >= 0.3 is 0 Å². The molecule has 0 saturated carbocycles. The van der Waals surface area contributed by atoms with Crippen molar-refractivity contribution in [2.45, 2.75) is 11.8 Å². The Kier molecular flexibility index (Phi) is 5.24. The summed E-state index contributed by atoms with van der Waals surface area (Å²) in [5, 5.41) is 4.05. The van der Waals surface area contributed by atoms with Crippen molar-refractivity contribution in [3.63, 3.8) is 0 Å². The molecule has 1 aromatic carbocycles. The smallest absolute Gasteiger partial charge is 0.246 e. The fourth-order valence-electron chi connectivity index (χ4n) is 2.81. The minimum absolute atomic E-state index is 0.124. The van der Waals surface area contributed by atoms with Crippen molar-refractivity contribution in [2.75, 3.05) is 26.2 Å². The highest BCUT2D eigenvalue weighted by Gasteiger charge is 2.29. The van der Waals surface area contributed by atoms with E-state index in [0.29, 0.717) is 31.1 Å². The molecule has 0 bridgehead atoms. The van der Waals surface area contributed by atoms with E-state index >= 15 is 0 Å². The van der Waals surface area contributed by atoms with Crippen molar-refractivity contribution in [3.8, 4) is 0 Å². The van der Waals surface area contributed by atoms with Crippen LogP contribution >= 0.6 is 0 Å². The molecular weight excluding hydrogens is 352 g/mol. The molecule has 0 aliphatic carbocycles. The third-order valence-electron chi connectivity index (χ3n) is 4.35. The van der Waals surface area contributed by atoms with E-state index < -0.39 is 10.0 Å². The Morgan fingerprint density at radius 3 is 2.35 bits per heavy atom. The summed E-state index contributed by atoms with van der Waals surface area (Å²) in [4.78, 5) is 14.2. The summed E-state index contributed by atoms with van der Waals surface area (Å²) in [6.45, 7) is 3.26. The van der Waals surface area contributed by atoms with Crippen molar-refractivity contribution < 1.29 is 13.2 Å². The number of sulfonamides is 1. The van der Waals surface area contributed by atoms with Crippen LogP contribution in [0.15, 0.2) is 47.6 Å². The van der Waals surface area contributed by atoms with E-state index in [1.807, 2.05) is 20.2 Å². The summed E-state index contributed by atoms with van der Waals surface area (Å²) in [5.41, 5.74) is 1.86. The van der Waals surface area contributed by atoms with Crippen LogP contribution < -0.4 is 0 Å². The van der Waals surface area contributed by atoms with Gasteiger partial charge in [-0.15, -0.1) is 0 Å². The Morgan fingerprint density at radius 2 is 1.77 bits per heavy atom. The Bertz CT molecular complexity index is 908. The first kappa shape index (κ1) is 18.3. The molecule has 0 N–H and O–H groups in total. The largest absolute Gasteiger partial charge is 0.337 e. The lowest BCUT2D eigenvalue weighted by Crippen LogP contribution is -2.50. The number of benzene rings is 1. The van der Waals surface area contributed by atoms with Crippen molar-refractivity contribution >= 4 is 22.0 Å². The average Bonchev–Trinajstić information content (AvgIpc) is 3.05. The summed E-state index contributed by atoms with van der Waals surface area (Å²) in [6.07, 6.45) is 6.71. The van der Waals surface area contributed by atoms with Crippen LogP contribution in [0.3, 0.4) is 0 Å². The van der Waals surface area contributed by atoms with E-state index in [9.17, 15) is 13.2 Å². The minimum atomic E-state index is -3.51. The highest BCUT2D eigenvalue weighted by atomic mass is 32.2. The summed E-state index contributed by atoms with van der Waals surface area (Å²) < 4.78 is 28.5. The molecule has 0 radical (unpaired) electrons. The number of hydrogen-bond acceptors (Lipinski definition) is 4. The molecule has 3 rings (SSSR count). The molecule has 138 valence electrons. The highest BCUT2D eigenvalue weighted by molar-refractivity contribution is 7.89. The lowest BCUT2D eigenvalue weighted by Gasteiger charge is -2.33. The molecule has 1 saturated heterocycles. The van der Waals surface area contributed by atoms with Crippen LogP contribution in [0.2, 0.25) is 0 Å². The van der Waals surface area contributed by atoms with Gasteiger partial charge in [-0.3, -0.25) is 9.48 Å². The Hall–Kier alpha value is -2.45. The van der Waals surface area contributed by atoms with Gasteiger partial charge in [-0.25, -0.2) is 8.42 Å². The Labute approximate surface area is 153 Å². The topological polar surface area (TPSA) is 75.5 Å². The maximum Gasteiger partial charge on any atom is 0.246 e. The van der Waals surface area contributed by atoms with Gasteiger partial charge in [0.25, 0.3) is 0 Å². The predicted octanol–water partition coefficient (Wildman–Crippen LogP) is 1.27. The lowest BCUT2D eigenvalue weighted by atomic mass is 10.2. The summed E-state index contributed by atoms with van der Waals surface area (Å²) in [6, 6.07) is 6.82. The van der Waals surface area contributed by atoms with Crippen LogP contribution in [0.4, 0.5) is 0 Å². The molecule has 1 aliphatic heterocycles. The fourth-order valence-corrected chi connectivity index (χ4v) is 4.23. The predicted molar refractivity (Wildman–Crippen MR) is 98.8 cm³/mol. The standard InChI is InChI=1S/C18H22N4O3S/c1-15-3-6-17(7-4-15)26(24,25)22-11-9-21(10-12-22)18(23)8-5-16-13-19-20(2)14-16/h3-8,13-14H,9-12H2,1-2H3/b8-5+. The number of carbonyl (C=O) groups is 1.